The second kappa shape index (κ2) is 11.6. The predicted molar refractivity (Wildman–Crippen MR) is 130 cm³/mol. The number of nitrogens with one attached hydrogen (secondary N) is 1. The number of halogens is 1. The van der Waals surface area contributed by atoms with Crippen LogP contribution in [0.2, 0.25) is 0 Å². The molecule has 6 atom stereocenters. The summed E-state index contributed by atoms with van der Waals surface area (Å²) in [6, 6.07) is 7.41. The number of nitrogens with zero attached hydrogens (tertiary/aromatic N) is 3. The number of thiazole rings is 1. The van der Waals surface area contributed by atoms with E-state index in [2.05, 4.69) is 14.7 Å². The van der Waals surface area contributed by atoms with Crippen molar-refractivity contribution < 1.29 is 38.0 Å². The predicted octanol–water partition coefficient (Wildman–Crippen LogP) is 1.79. The van der Waals surface area contributed by atoms with Gasteiger partial charge in [0.15, 0.2) is 18.0 Å². The number of aromatic amines is 1. The Bertz CT molecular complexity index is 1410. The van der Waals surface area contributed by atoms with Gasteiger partial charge in [-0.25, -0.2) is 19.0 Å². The van der Waals surface area contributed by atoms with Crippen molar-refractivity contribution in [3.8, 4) is 17.0 Å². The number of carbonyl (C=O) groups excluding carboxylic acids is 1. The van der Waals surface area contributed by atoms with Gasteiger partial charge in [-0.05, 0) is 31.2 Å². The molecule has 13 nitrogen and oxygen atoms in total. The third-order valence-electron chi connectivity index (χ3n) is 5.56. The lowest BCUT2D eigenvalue weighted by Gasteiger charge is -2.25. The number of aromatic nitrogens is 3. The first-order valence-electron chi connectivity index (χ1n) is 11.1. The van der Waals surface area contributed by atoms with Crippen molar-refractivity contribution in [2.45, 2.75) is 50.7 Å². The molecular weight excluding hydrogens is 546 g/mol. The molecule has 16 heteroatoms. The molecule has 1 saturated heterocycles. The lowest BCUT2D eigenvalue weighted by molar-refractivity contribution is -0.208. The molecule has 2 aromatic heterocycles. The van der Waals surface area contributed by atoms with Crippen molar-refractivity contribution in [3.63, 3.8) is 0 Å². The molecule has 0 bridgehead atoms. The van der Waals surface area contributed by atoms with Gasteiger partial charge in [0.05, 0.1) is 11.2 Å². The van der Waals surface area contributed by atoms with Crippen LogP contribution in [0.1, 0.15) is 26.5 Å². The zero-order valence-electron chi connectivity index (χ0n) is 19.9. The summed E-state index contributed by atoms with van der Waals surface area (Å²) in [6.45, 7) is 2.48. The number of alkyl halides is 1. The van der Waals surface area contributed by atoms with Crippen molar-refractivity contribution in [2.75, 3.05) is 0 Å². The van der Waals surface area contributed by atoms with Gasteiger partial charge in [-0.1, -0.05) is 6.92 Å². The molecule has 1 aliphatic rings. The molecule has 4 rings (SSSR count). The standard InChI is InChI=1S/C22H22FN4O9PS/c1-3-16(29)35-26-37(32)36-19(33-13-6-4-12(5-7-13)14-10-38-11-24-14)17-18(30)22(2,23)20(34-17)27-9-8-15(28)25-21(27)31/h4-11,17-20,30H,3H2,1-2H3,(H,25,28,31)/t17-,18-,19?,20-,22-/m1/s1. The van der Waals surface area contributed by atoms with Crippen molar-refractivity contribution >= 4 is 25.5 Å². The molecule has 0 amide bonds. The molecule has 0 radical (unpaired) electrons. The van der Waals surface area contributed by atoms with Crippen LogP contribution in [0.15, 0.2) is 61.9 Å². The molecule has 3 aromatic rings. The summed E-state index contributed by atoms with van der Waals surface area (Å²) in [5, 5.41) is 12.7. The molecule has 0 spiro atoms. The Morgan fingerprint density at radius 2 is 2.13 bits per heavy atom. The zero-order valence-corrected chi connectivity index (χ0v) is 21.6. The van der Waals surface area contributed by atoms with Crippen LogP contribution in [-0.2, 0) is 18.9 Å². The largest absolute Gasteiger partial charge is 0.581 e. The van der Waals surface area contributed by atoms with Gasteiger partial charge in [-0.3, -0.25) is 19.2 Å². The Balaban J connectivity index is 1.63. The van der Waals surface area contributed by atoms with Gasteiger partial charge in [0.25, 0.3) is 11.8 Å². The van der Waals surface area contributed by atoms with E-state index in [4.69, 9.17) is 14.0 Å². The highest BCUT2D eigenvalue weighted by molar-refractivity contribution is 7.33. The first-order valence-corrected chi connectivity index (χ1v) is 13.2. The first kappa shape index (κ1) is 27.7. The highest BCUT2D eigenvalue weighted by Crippen LogP contribution is 2.43. The quantitative estimate of drug-likeness (QED) is 0.220. The lowest BCUT2D eigenvalue weighted by Crippen LogP contribution is -2.46. The molecule has 1 fully saturated rings. The fourth-order valence-electron chi connectivity index (χ4n) is 3.58. The van der Waals surface area contributed by atoms with E-state index in [1.54, 1.807) is 17.6 Å². The van der Waals surface area contributed by atoms with Crippen LogP contribution in [0.4, 0.5) is 4.39 Å². The zero-order chi connectivity index (χ0) is 27.4. The van der Waals surface area contributed by atoms with E-state index in [-0.39, 0.29) is 12.2 Å². The fourth-order valence-corrected chi connectivity index (χ4v) is 4.68. The smallest absolute Gasteiger partial charge is 0.393 e. The maximum absolute atomic E-state index is 15.7. The second-order valence-electron chi connectivity index (χ2n) is 8.19. The van der Waals surface area contributed by atoms with E-state index in [9.17, 15) is 24.4 Å². The number of rotatable bonds is 9. The van der Waals surface area contributed by atoms with Gasteiger partial charge in [0.2, 0.25) is 0 Å². The highest BCUT2D eigenvalue weighted by atomic mass is 32.1. The number of hydrogen-bond donors (Lipinski definition) is 2. The summed E-state index contributed by atoms with van der Waals surface area (Å²) < 4.78 is 33.1. The van der Waals surface area contributed by atoms with E-state index in [0.717, 1.165) is 35.0 Å². The van der Waals surface area contributed by atoms with E-state index >= 15 is 4.39 Å². The minimum absolute atomic E-state index is 0.0435. The van der Waals surface area contributed by atoms with Crippen molar-refractivity contribution in [2.24, 2.45) is 4.91 Å². The minimum atomic E-state index is -3.07. The van der Waals surface area contributed by atoms with E-state index in [1.807, 2.05) is 10.4 Å². The normalized spacial score (nSPS) is 24.2. The van der Waals surface area contributed by atoms with Crippen LogP contribution in [0.5, 0.6) is 5.75 Å². The summed E-state index contributed by atoms with van der Waals surface area (Å²) >= 11 is 1.42. The second-order valence-corrected chi connectivity index (χ2v) is 9.76. The summed E-state index contributed by atoms with van der Waals surface area (Å²) in [5.74, 6) is -0.623. The molecular formula is C22H22FN4O9PS. The van der Waals surface area contributed by atoms with Crippen LogP contribution in [-0.4, -0.2) is 49.8 Å². The Hall–Kier alpha value is -3.33. The van der Waals surface area contributed by atoms with Gasteiger partial charge in [-0.2, -0.15) is 0 Å². The topological polar surface area (TPSA) is 177 Å². The van der Waals surface area contributed by atoms with E-state index in [0.29, 0.717) is 0 Å². The molecule has 2 N–H and O–H groups in total. The number of aliphatic hydroxyl groups is 1. The molecule has 1 aromatic carbocycles. The van der Waals surface area contributed by atoms with E-state index in [1.165, 1.54) is 30.4 Å². The van der Waals surface area contributed by atoms with Crippen molar-refractivity contribution in [1.82, 2.24) is 14.5 Å². The Morgan fingerprint density at radius 3 is 2.76 bits per heavy atom. The Kier molecular flexibility index (Phi) is 8.45. The molecule has 1 aliphatic heterocycles. The lowest BCUT2D eigenvalue weighted by atomic mass is 9.98. The van der Waals surface area contributed by atoms with Crippen LogP contribution in [0, 0.1) is 0 Å². The van der Waals surface area contributed by atoms with Crippen LogP contribution in [0.25, 0.3) is 11.3 Å². The van der Waals surface area contributed by atoms with Crippen LogP contribution in [0.3, 0.4) is 0 Å². The first-order chi connectivity index (χ1) is 18.1. The summed E-state index contributed by atoms with van der Waals surface area (Å²) in [6.07, 6.45) is -6.12. The number of hydrogen-bond acceptors (Lipinski definition) is 12. The minimum Gasteiger partial charge on any atom is -0.581 e. The molecule has 3 heterocycles. The summed E-state index contributed by atoms with van der Waals surface area (Å²) in [5.41, 5.74) is -1.12. The number of aliphatic hydroxyl groups excluding tert-OH is 1. The Labute approximate surface area is 219 Å². The molecule has 202 valence electrons. The van der Waals surface area contributed by atoms with Gasteiger partial charge in [-0.15, -0.1) is 15.9 Å². The van der Waals surface area contributed by atoms with Crippen molar-refractivity contribution in [1.29, 1.82) is 0 Å². The average molecular weight is 568 g/mol. The number of H-pyrrole nitrogens is 1. The summed E-state index contributed by atoms with van der Waals surface area (Å²) in [4.78, 5) is 61.3. The maximum atomic E-state index is 15.7. The SMILES string of the molecule is CCC(=O)ON=[P+]([O-])OC(Oc1ccc(-c2cscn2)cc1)[C@@H]1O[C@@H](n2ccc(=O)[nH]c2=O)[C@](C)(F)[C@@H]1O. The van der Waals surface area contributed by atoms with Gasteiger partial charge in [0, 0.05) is 29.6 Å². The Morgan fingerprint density at radius 1 is 1.39 bits per heavy atom. The molecule has 2 unspecified atom stereocenters. The molecule has 0 saturated carbocycles. The van der Waals surface area contributed by atoms with Crippen LogP contribution < -0.4 is 20.9 Å². The average Bonchev–Trinajstić information content (AvgIpc) is 3.50. The monoisotopic (exact) mass is 568 g/mol. The number of carbonyl (C=O) groups is 1. The third-order valence-corrected chi connectivity index (χ3v) is 6.75. The molecule has 38 heavy (non-hydrogen) atoms. The van der Waals surface area contributed by atoms with Crippen molar-refractivity contribution in [3.05, 3.63) is 68.3 Å². The van der Waals surface area contributed by atoms with E-state index < -0.39 is 55.8 Å². The number of ether oxygens (including phenoxy) is 2. The van der Waals surface area contributed by atoms with Gasteiger partial charge in [0.1, 0.15) is 16.8 Å². The molecule has 0 aliphatic carbocycles. The maximum Gasteiger partial charge on any atom is 0.393 e. The third kappa shape index (κ3) is 6.04. The van der Waals surface area contributed by atoms with Crippen LogP contribution >= 0.6 is 19.5 Å². The van der Waals surface area contributed by atoms with Gasteiger partial charge < -0.3 is 19.5 Å². The highest BCUT2D eigenvalue weighted by Gasteiger charge is 2.59. The van der Waals surface area contributed by atoms with Gasteiger partial charge >= 0.3 is 19.8 Å². The number of benzene rings is 1. The fraction of sp³-hybridized carbons (Fsp3) is 0.364. The summed E-state index contributed by atoms with van der Waals surface area (Å²) in [7, 11) is -3.07.